The molecule has 1 aliphatic rings. The summed E-state index contributed by atoms with van der Waals surface area (Å²) in [4.78, 5) is 36.9. The van der Waals surface area contributed by atoms with Gasteiger partial charge in [-0.2, -0.15) is 0 Å². The molecule has 2 aromatic heterocycles. The van der Waals surface area contributed by atoms with E-state index in [4.69, 9.17) is 9.73 Å². The molecule has 0 fully saturated rings. The van der Waals surface area contributed by atoms with Crippen LogP contribution in [0.3, 0.4) is 0 Å². The molecule has 1 aliphatic heterocycles. The van der Waals surface area contributed by atoms with Crippen LogP contribution in [0.5, 0.6) is 0 Å². The van der Waals surface area contributed by atoms with Crippen LogP contribution >= 0.6 is 11.3 Å². The van der Waals surface area contributed by atoms with Crippen LogP contribution in [-0.2, 0) is 9.53 Å². The Labute approximate surface area is 218 Å². The monoisotopic (exact) mass is 509 g/mol. The Bertz CT molecular complexity index is 1630. The summed E-state index contributed by atoms with van der Waals surface area (Å²) in [7, 11) is 0. The Morgan fingerprint density at radius 1 is 1.08 bits per heavy atom. The molecule has 3 heterocycles. The van der Waals surface area contributed by atoms with Gasteiger partial charge in [-0.05, 0) is 41.7 Å². The Kier molecular flexibility index (Phi) is 6.97. The fourth-order valence-corrected chi connectivity index (χ4v) is 5.43. The van der Waals surface area contributed by atoms with Crippen molar-refractivity contribution in [2.45, 2.75) is 32.7 Å². The maximum atomic E-state index is 13.8. The minimum absolute atomic E-state index is 0.209. The number of pyridine rings is 1. The Morgan fingerprint density at radius 2 is 1.84 bits per heavy atom. The van der Waals surface area contributed by atoms with E-state index >= 15 is 0 Å². The molecule has 4 aromatic rings. The fraction of sp³-hybridized carbons (Fsp3) is 0.200. The van der Waals surface area contributed by atoms with Crippen LogP contribution in [0.1, 0.15) is 55.0 Å². The highest BCUT2D eigenvalue weighted by Gasteiger charge is 2.35. The number of fused-ring (bicyclic) bond motifs is 1. The van der Waals surface area contributed by atoms with E-state index in [1.54, 1.807) is 23.9 Å². The Morgan fingerprint density at radius 3 is 2.49 bits per heavy atom. The van der Waals surface area contributed by atoms with Gasteiger partial charge in [-0.3, -0.25) is 14.3 Å². The quantitative estimate of drug-likeness (QED) is 0.360. The van der Waals surface area contributed by atoms with Crippen LogP contribution in [0.15, 0.2) is 94.5 Å². The van der Waals surface area contributed by atoms with Gasteiger partial charge in [0, 0.05) is 18.0 Å². The second-order valence-electron chi connectivity index (χ2n) is 9.04. The number of aromatic nitrogens is 2. The fourth-order valence-electron chi connectivity index (χ4n) is 4.43. The molecule has 2 aromatic carbocycles. The summed E-state index contributed by atoms with van der Waals surface area (Å²) >= 11 is 1.30. The smallest absolute Gasteiger partial charge is 0.338 e. The number of hydrogen-bond acceptors (Lipinski definition) is 6. The van der Waals surface area contributed by atoms with Gasteiger partial charge in [0.2, 0.25) is 0 Å². The molecule has 1 atom stereocenters. The number of carbonyl (C=O) groups is 1. The standard InChI is InChI=1S/C30H27N3O3S/c1-4-36-29(35)25-26(22-10-6-5-7-11-22)32-30-33(27(25)23-14-12-21(13-15-23)19(2)3)28(34)24(37-30)17-20-9-8-16-31-18-20/h5-19,27H,4H2,1-3H3/b24-17-/t27-/m0/s1. The summed E-state index contributed by atoms with van der Waals surface area (Å²) in [6, 6.07) is 20.7. The Balaban J connectivity index is 1.82. The van der Waals surface area contributed by atoms with Gasteiger partial charge in [-0.15, -0.1) is 0 Å². The van der Waals surface area contributed by atoms with Gasteiger partial charge in [0.05, 0.1) is 28.5 Å². The van der Waals surface area contributed by atoms with Crippen molar-refractivity contribution in [3.63, 3.8) is 0 Å². The number of esters is 1. The number of ether oxygens (including phenoxy) is 1. The van der Waals surface area contributed by atoms with E-state index in [1.165, 1.54) is 16.9 Å². The zero-order valence-electron chi connectivity index (χ0n) is 20.9. The predicted molar refractivity (Wildman–Crippen MR) is 146 cm³/mol. The maximum absolute atomic E-state index is 13.8. The first-order chi connectivity index (χ1) is 18.0. The number of nitrogens with zero attached hydrogens (tertiary/aromatic N) is 3. The molecular weight excluding hydrogens is 482 g/mol. The van der Waals surface area contributed by atoms with E-state index < -0.39 is 12.0 Å². The molecular formula is C30H27N3O3S. The van der Waals surface area contributed by atoms with Crippen molar-refractivity contribution < 1.29 is 9.53 Å². The first kappa shape index (κ1) is 24.6. The summed E-state index contributed by atoms with van der Waals surface area (Å²) in [5.74, 6) is -0.125. The normalized spacial score (nSPS) is 15.5. The summed E-state index contributed by atoms with van der Waals surface area (Å²) < 4.78 is 7.66. The van der Waals surface area contributed by atoms with E-state index in [9.17, 15) is 9.59 Å². The SMILES string of the molecule is CCOC(=O)C1=C(c2ccccc2)N=c2s/c(=C\c3cccnc3)c(=O)n2[C@H]1c1ccc(C(C)C)cc1. The second-order valence-corrected chi connectivity index (χ2v) is 10.0. The van der Waals surface area contributed by atoms with Crippen LogP contribution in [0.4, 0.5) is 0 Å². The van der Waals surface area contributed by atoms with Crippen molar-refractivity contribution in [1.29, 1.82) is 0 Å². The molecule has 186 valence electrons. The van der Waals surface area contributed by atoms with Crippen LogP contribution in [0, 0.1) is 0 Å². The van der Waals surface area contributed by atoms with Gasteiger partial charge in [-0.1, -0.05) is 85.8 Å². The summed E-state index contributed by atoms with van der Waals surface area (Å²) in [5.41, 5.74) is 4.27. The molecule has 0 radical (unpaired) electrons. The maximum Gasteiger partial charge on any atom is 0.338 e. The first-order valence-corrected chi connectivity index (χ1v) is 13.1. The lowest BCUT2D eigenvalue weighted by atomic mass is 9.91. The largest absolute Gasteiger partial charge is 0.463 e. The van der Waals surface area contributed by atoms with Crippen molar-refractivity contribution in [3.05, 3.63) is 127 Å². The predicted octanol–water partition coefficient (Wildman–Crippen LogP) is 4.45. The van der Waals surface area contributed by atoms with Crippen LogP contribution in [-0.4, -0.2) is 22.1 Å². The molecule has 37 heavy (non-hydrogen) atoms. The molecule has 5 rings (SSSR count). The number of hydrogen-bond donors (Lipinski definition) is 0. The molecule has 6 nitrogen and oxygen atoms in total. The van der Waals surface area contributed by atoms with Gasteiger partial charge in [-0.25, -0.2) is 9.79 Å². The average Bonchev–Trinajstić information content (AvgIpc) is 3.23. The number of carbonyl (C=O) groups excluding carboxylic acids is 1. The van der Waals surface area contributed by atoms with E-state index in [1.807, 2.05) is 60.7 Å². The molecule has 0 saturated carbocycles. The highest BCUT2D eigenvalue weighted by Crippen LogP contribution is 2.35. The summed E-state index contributed by atoms with van der Waals surface area (Å²) in [6.45, 7) is 6.26. The molecule has 0 saturated heterocycles. The number of thiazole rings is 1. The summed E-state index contributed by atoms with van der Waals surface area (Å²) in [5, 5.41) is 0. The molecule has 7 heteroatoms. The van der Waals surface area contributed by atoms with E-state index in [0.29, 0.717) is 26.5 Å². The highest BCUT2D eigenvalue weighted by molar-refractivity contribution is 7.07. The van der Waals surface area contributed by atoms with Gasteiger partial charge < -0.3 is 4.74 Å². The van der Waals surface area contributed by atoms with Crippen LogP contribution in [0.2, 0.25) is 0 Å². The minimum Gasteiger partial charge on any atom is -0.463 e. The third kappa shape index (κ3) is 4.82. The lowest BCUT2D eigenvalue weighted by Crippen LogP contribution is -2.40. The number of benzene rings is 2. The lowest BCUT2D eigenvalue weighted by molar-refractivity contribution is -0.138. The van der Waals surface area contributed by atoms with Crippen molar-refractivity contribution in [3.8, 4) is 0 Å². The molecule has 0 aliphatic carbocycles. The zero-order chi connectivity index (χ0) is 25.9. The molecule has 0 N–H and O–H groups in total. The topological polar surface area (TPSA) is 73.6 Å². The van der Waals surface area contributed by atoms with E-state index in [2.05, 4.69) is 31.0 Å². The first-order valence-electron chi connectivity index (χ1n) is 12.3. The molecule has 0 spiro atoms. The van der Waals surface area contributed by atoms with Crippen LogP contribution < -0.4 is 14.9 Å². The van der Waals surface area contributed by atoms with E-state index in [0.717, 1.165) is 16.7 Å². The van der Waals surface area contributed by atoms with Gasteiger partial charge in [0.25, 0.3) is 5.56 Å². The molecule has 0 bridgehead atoms. The summed E-state index contributed by atoms with van der Waals surface area (Å²) in [6.07, 6.45) is 5.21. The van der Waals surface area contributed by atoms with Crippen molar-refractivity contribution in [2.24, 2.45) is 4.99 Å². The highest BCUT2D eigenvalue weighted by atomic mass is 32.1. The van der Waals surface area contributed by atoms with Crippen molar-refractivity contribution in [1.82, 2.24) is 9.55 Å². The van der Waals surface area contributed by atoms with Gasteiger partial charge >= 0.3 is 5.97 Å². The number of rotatable bonds is 6. The molecule has 0 unspecified atom stereocenters. The minimum atomic E-state index is -0.678. The van der Waals surface area contributed by atoms with E-state index in [-0.39, 0.29) is 12.2 Å². The van der Waals surface area contributed by atoms with Crippen molar-refractivity contribution in [2.75, 3.05) is 6.61 Å². The zero-order valence-corrected chi connectivity index (χ0v) is 21.7. The third-order valence-corrected chi connectivity index (χ3v) is 7.26. The van der Waals surface area contributed by atoms with Crippen molar-refractivity contribution >= 4 is 29.1 Å². The lowest BCUT2D eigenvalue weighted by Gasteiger charge is -2.26. The van der Waals surface area contributed by atoms with Gasteiger partial charge in [0.1, 0.15) is 0 Å². The second kappa shape index (κ2) is 10.5. The average molecular weight is 510 g/mol. The van der Waals surface area contributed by atoms with Gasteiger partial charge in [0.15, 0.2) is 4.80 Å². The Hall–Kier alpha value is -4.10. The third-order valence-electron chi connectivity index (χ3n) is 6.27. The van der Waals surface area contributed by atoms with Crippen LogP contribution in [0.25, 0.3) is 11.8 Å². The molecule has 0 amide bonds.